The lowest BCUT2D eigenvalue weighted by Crippen LogP contribution is -2.36. The highest BCUT2D eigenvalue weighted by Gasteiger charge is 2.16. The number of hydrogen-bond acceptors (Lipinski definition) is 3. The third-order valence-corrected chi connectivity index (χ3v) is 4.05. The molecule has 5 heteroatoms. The Morgan fingerprint density at radius 2 is 2.00 bits per heavy atom. The molecule has 0 unspecified atom stereocenters. The van der Waals surface area contributed by atoms with Crippen molar-refractivity contribution in [1.82, 2.24) is 5.32 Å². The molecule has 15 heavy (non-hydrogen) atoms. The molecule has 0 spiro atoms. The van der Waals surface area contributed by atoms with Crippen LogP contribution in [0.2, 0.25) is 0 Å². The summed E-state index contributed by atoms with van der Waals surface area (Å²) in [6.07, 6.45) is 4.37. The lowest BCUT2D eigenvalue weighted by molar-refractivity contribution is -0.118. The van der Waals surface area contributed by atoms with Crippen LogP contribution in [0.15, 0.2) is 0 Å². The average Bonchev–Trinajstić information content (AvgIpc) is 2.20. The van der Waals surface area contributed by atoms with E-state index >= 15 is 0 Å². The van der Waals surface area contributed by atoms with Gasteiger partial charge in [-0.15, -0.1) is 0 Å². The maximum absolute atomic E-state index is 11.1. The van der Waals surface area contributed by atoms with Gasteiger partial charge in [-0.25, -0.2) is 0 Å². The van der Waals surface area contributed by atoms with Crippen LogP contribution in [-0.4, -0.2) is 34.2 Å². The van der Waals surface area contributed by atoms with Gasteiger partial charge in [-0.2, -0.15) is 0 Å². The maximum Gasteiger partial charge on any atom is 0.217 e. The van der Waals surface area contributed by atoms with Crippen LogP contribution in [0.5, 0.6) is 0 Å². The molecule has 3 N–H and O–H groups in total. The molecule has 0 aromatic rings. The van der Waals surface area contributed by atoms with Crippen molar-refractivity contribution in [3.05, 3.63) is 0 Å². The van der Waals surface area contributed by atoms with Crippen LogP contribution < -0.4 is 11.1 Å². The monoisotopic (exact) mass is 232 g/mol. The van der Waals surface area contributed by atoms with E-state index in [0.29, 0.717) is 12.5 Å². The summed E-state index contributed by atoms with van der Waals surface area (Å²) >= 11 is 0. The van der Waals surface area contributed by atoms with E-state index in [1.165, 1.54) is 0 Å². The fraction of sp³-hybridized carbons (Fsp3) is 0.900. The molecule has 0 bridgehead atoms. The van der Waals surface area contributed by atoms with E-state index in [4.69, 9.17) is 5.73 Å². The Hall–Kier alpha value is -0.420. The Balaban J connectivity index is 1.96. The summed E-state index contributed by atoms with van der Waals surface area (Å²) in [5.41, 5.74) is 5.04. The standard InChI is InChI=1S/C10H20N2O2S/c11-10(13)3-1-2-6-12-9-4-7-15(14)8-5-9/h9,12H,1-8H2,(H2,11,13). The van der Waals surface area contributed by atoms with E-state index in [2.05, 4.69) is 5.32 Å². The van der Waals surface area contributed by atoms with Crippen molar-refractivity contribution in [2.75, 3.05) is 18.1 Å². The SMILES string of the molecule is NC(=O)CCCCNC1CCS(=O)CC1. The highest BCUT2D eigenvalue weighted by molar-refractivity contribution is 7.85. The minimum Gasteiger partial charge on any atom is -0.370 e. The molecular formula is C10H20N2O2S. The van der Waals surface area contributed by atoms with Crippen LogP contribution in [0.1, 0.15) is 32.1 Å². The summed E-state index contributed by atoms with van der Waals surface area (Å²) in [7, 11) is -0.577. The Kier molecular flexibility index (Phi) is 5.86. The van der Waals surface area contributed by atoms with Gasteiger partial charge in [-0.05, 0) is 32.2 Å². The quantitative estimate of drug-likeness (QED) is 0.640. The summed E-state index contributed by atoms with van der Waals surface area (Å²) in [5, 5.41) is 3.43. The molecule has 1 aliphatic heterocycles. The molecule has 1 aliphatic rings. The number of primary amides is 1. The van der Waals surface area contributed by atoms with Gasteiger partial charge in [0, 0.05) is 34.8 Å². The topological polar surface area (TPSA) is 72.2 Å². The van der Waals surface area contributed by atoms with Gasteiger partial charge in [0.05, 0.1) is 0 Å². The second-order valence-electron chi connectivity index (χ2n) is 4.00. The van der Waals surface area contributed by atoms with Crippen molar-refractivity contribution in [2.24, 2.45) is 5.73 Å². The molecular weight excluding hydrogens is 212 g/mol. The molecule has 1 saturated heterocycles. The number of unbranched alkanes of at least 4 members (excludes halogenated alkanes) is 1. The molecule has 0 saturated carbocycles. The smallest absolute Gasteiger partial charge is 0.217 e. The van der Waals surface area contributed by atoms with Gasteiger partial charge in [-0.3, -0.25) is 9.00 Å². The predicted molar refractivity (Wildman–Crippen MR) is 61.9 cm³/mol. The highest BCUT2D eigenvalue weighted by Crippen LogP contribution is 2.09. The second-order valence-corrected chi connectivity index (χ2v) is 5.70. The van der Waals surface area contributed by atoms with Crippen molar-refractivity contribution in [2.45, 2.75) is 38.1 Å². The summed E-state index contributed by atoms with van der Waals surface area (Å²) < 4.78 is 11.1. The molecule has 0 aromatic heterocycles. The number of rotatable bonds is 6. The van der Waals surface area contributed by atoms with Crippen LogP contribution in [0.4, 0.5) is 0 Å². The van der Waals surface area contributed by atoms with Gasteiger partial charge in [-0.1, -0.05) is 0 Å². The first-order chi connectivity index (χ1) is 7.18. The number of carbonyl (C=O) groups is 1. The van der Waals surface area contributed by atoms with Gasteiger partial charge >= 0.3 is 0 Å². The number of nitrogens with two attached hydrogens (primary N) is 1. The minimum atomic E-state index is -0.577. The lowest BCUT2D eigenvalue weighted by atomic mass is 10.1. The Morgan fingerprint density at radius 1 is 1.33 bits per heavy atom. The fourth-order valence-corrected chi connectivity index (χ4v) is 3.03. The molecule has 0 radical (unpaired) electrons. The van der Waals surface area contributed by atoms with Gasteiger partial charge in [0.15, 0.2) is 0 Å². The first-order valence-corrected chi connectivity index (χ1v) is 7.04. The van der Waals surface area contributed by atoms with Crippen molar-refractivity contribution in [1.29, 1.82) is 0 Å². The zero-order valence-electron chi connectivity index (χ0n) is 9.04. The molecule has 1 rings (SSSR count). The van der Waals surface area contributed by atoms with E-state index in [0.717, 1.165) is 43.7 Å². The summed E-state index contributed by atoms with van der Waals surface area (Å²) in [6, 6.07) is 0.524. The molecule has 88 valence electrons. The number of nitrogens with one attached hydrogen (secondary N) is 1. The minimum absolute atomic E-state index is 0.219. The molecule has 1 heterocycles. The van der Waals surface area contributed by atoms with Crippen molar-refractivity contribution < 1.29 is 9.00 Å². The van der Waals surface area contributed by atoms with Crippen molar-refractivity contribution >= 4 is 16.7 Å². The fourth-order valence-electron chi connectivity index (χ4n) is 1.73. The highest BCUT2D eigenvalue weighted by atomic mass is 32.2. The van der Waals surface area contributed by atoms with Crippen LogP contribution in [0.25, 0.3) is 0 Å². The first kappa shape index (κ1) is 12.6. The van der Waals surface area contributed by atoms with Crippen molar-refractivity contribution in [3.63, 3.8) is 0 Å². The van der Waals surface area contributed by atoms with Crippen LogP contribution in [0.3, 0.4) is 0 Å². The average molecular weight is 232 g/mol. The van der Waals surface area contributed by atoms with E-state index in [-0.39, 0.29) is 5.91 Å². The molecule has 0 aromatic carbocycles. The summed E-state index contributed by atoms with van der Waals surface area (Å²) in [6.45, 7) is 0.935. The molecule has 1 amide bonds. The Morgan fingerprint density at radius 3 is 2.60 bits per heavy atom. The third-order valence-electron chi connectivity index (χ3n) is 2.67. The van der Waals surface area contributed by atoms with Gasteiger partial charge in [0.25, 0.3) is 0 Å². The molecule has 1 fully saturated rings. The van der Waals surface area contributed by atoms with Crippen LogP contribution >= 0.6 is 0 Å². The number of amides is 1. The Labute approximate surface area is 93.4 Å². The van der Waals surface area contributed by atoms with Gasteiger partial charge in [0.2, 0.25) is 5.91 Å². The normalized spacial score (nSPS) is 26.4. The number of carbonyl (C=O) groups excluding carboxylic acids is 1. The first-order valence-electron chi connectivity index (χ1n) is 5.55. The molecule has 0 aliphatic carbocycles. The van der Waals surface area contributed by atoms with E-state index in [9.17, 15) is 9.00 Å². The Bertz CT molecular complexity index is 223. The van der Waals surface area contributed by atoms with E-state index in [1.807, 2.05) is 0 Å². The molecule has 4 nitrogen and oxygen atoms in total. The van der Waals surface area contributed by atoms with Crippen LogP contribution in [-0.2, 0) is 15.6 Å². The zero-order valence-corrected chi connectivity index (χ0v) is 9.85. The summed E-state index contributed by atoms with van der Waals surface area (Å²) in [5.74, 6) is 1.45. The van der Waals surface area contributed by atoms with Crippen LogP contribution in [0, 0.1) is 0 Å². The largest absolute Gasteiger partial charge is 0.370 e. The zero-order chi connectivity index (χ0) is 11.1. The molecule has 0 atom stereocenters. The predicted octanol–water partition coefficient (Wildman–Crippen LogP) is 0.143. The number of hydrogen-bond donors (Lipinski definition) is 2. The maximum atomic E-state index is 11.1. The second kappa shape index (κ2) is 6.95. The lowest BCUT2D eigenvalue weighted by Gasteiger charge is -2.22. The van der Waals surface area contributed by atoms with E-state index < -0.39 is 10.8 Å². The summed E-state index contributed by atoms with van der Waals surface area (Å²) in [4.78, 5) is 10.5. The van der Waals surface area contributed by atoms with Gasteiger partial charge in [0.1, 0.15) is 0 Å². The van der Waals surface area contributed by atoms with E-state index in [1.54, 1.807) is 0 Å². The third kappa shape index (κ3) is 5.89. The van der Waals surface area contributed by atoms with Gasteiger partial charge < -0.3 is 11.1 Å². The van der Waals surface area contributed by atoms with Crippen molar-refractivity contribution in [3.8, 4) is 0 Å².